The van der Waals surface area contributed by atoms with E-state index in [0.717, 1.165) is 0 Å². The number of carboxylic acid groups (broad SMARTS) is 1. The van der Waals surface area contributed by atoms with E-state index < -0.39 is 18.0 Å². The van der Waals surface area contributed by atoms with Crippen molar-refractivity contribution in [2.75, 3.05) is 5.73 Å². The Hall–Kier alpha value is -1.56. The fraction of sp³-hybridized carbons (Fsp3) is 0.273. The number of benzene rings is 1. The van der Waals surface area contributed by atoms with Crippen molar-refractivity contribution in [3.05, 3.63) is 28.2 Å². The standard InChI is InChI=1S/C11H12BrNO4/c1-2-9(10(14)15)17-11(16)6-3-4-7(12)8(13)5-6/h3-5,9H,2,13H2,1H3,(H,14,15). The summed E-state index contributed by atoms with van der Waals surface area (Å²) in [6.07, 6.45) is -0.917. The number of hydrogen-bond donors (Lipinski definition) is 2. The average Bonchev–Trinajstić information content (AvgIpc) is 2.28. The smallest absolute Gasteiger partial charge is 0.345 e. The predicted octanol–water partition coefficient (Wildman–Crippen LogP) is 2.05. The van der Waals surface area contributed by atoms with E-state index in [9.17, 15) is 9.59 Å². The van der Waals surface area contributed by atoms with Gasteiger partial charge in [-0.25, -0.2) is 9.59 Å². The second-order valence-electron chi connectivity index (χ2n) is 3.38. The molecule has 0 radical (unpaired) electrons. The molecule has 0 amide bonds. The molecule has 0 spiro atoms. The lowest BCUT2D eigenvalue weighted by atomic mass is 10.2. The van der Waals surface area contributed by atoms with Crippen LogP contribution in [0, 0.1) is 0 Å². The summed E-state index contributed by atoms with van der Waals surface area (Å²) >= 11 is 3.19. The van der Waals surface area contributed by atoms with Crippen LogP contribution in [0.25, 0.3) is 0 Å². The van der Waals surface area contributed by atoms with Gasteiger partial charge in [-0.3, -0.25) is 0 Å². The summed E-state index contributed by atoms with van der Waals surface area (Å²) in [7, 11) is 0. The van der Waals surface area contributed by atoms with Crippen LogP contribution in [0.3, 0.4) is 0 Å². The minimum atomic E-state index is -1.16. The van der Waals surface area contributed by atoms with E-state index in [0.29, 0.717) is 10.2 Å². The van der Waals surface area contributed by atoms with Crippen LogP contribution in [0.15, 0.2) is 22.7 Å². The number of nitrogen functional groups attached to an aromatic ring is 1. The molecule has 0 saturated carbocycles. The van der Waals surface area contributed by atoms with Crippen LogP contribution in [0.1, 0.15) is 23.7 Å². The Bertz CT molecular complexity index is 447. The number of nitrogens with two attached hydrogens (primary N) is 1. The Morgan fingerprint density at radius 2 is 2.18 bits per heavy atom. The molecule has 1 aromatic carbocycles. The first-order valence-corrected chi connectivity index (χ1v) is 5.73. The number of carbonyl (C=O) groups is 2. The number of carbonyl (C=O) groups excluding carboxylic acids is 1. The molecule has 0 fully saturated rings. The molecule has 5 nitrogen and oxygen atoms in total. The van der Waals surface area contributed by atoms with E-state index in [2.05, 4.69) is 15.9 Å². The first kappa shape index (κ1) is 13.5. The van der Waals surface area contributed by atoms with Gasteiger partial charge in [-0.15, -0.1) is 0 Å². The predicted molar refractivity (Wildman–Crippen MR) is 65.7 cm³/mol. The Kier molecular flexibility index (Phi) is 4.51. The minimum absolute atomic E-state index is 0.215. The van der Waals surface area contributed by atoms with E-state index in [4.69, 9.17) is 15.6 Å². The van der Waals surface area contributed by atoms with Crippen molar-refractivity contribution in [2.24, 2.45) is 0 Å². The first-order valence-electron chi connectivity index (χ1n) is 4.94. The van der Waals surface area contributed by atoms with Crippen LogP contribution in [0.2, 0.25) is 0 Å². The van der Waals surface area contributed by atoms with Crippen molar-refractivity contribution in [3.8, 4) is 0 Å². The molecular weight excluding hydrogens is 290 g/mol. The molecule has 0 bridgehead atoms. The van der Waals surface area contributed by atoms with Crippen LogP contribution < -0.4 is 5.73 Å². The molecule has 1 aromatic rings. The number of hydrogen-bond acceptors (Lipinski definition) is 4. The molecule has 1 rings (SSSR count). The van der Waals surface area contributed by atoms with Crippen LogP contribution in [0.5, 0.6) is 0 Å². The second kappa shape index (κ2) is 5.67. The van der Waals surface area contributed by atoms with Crippen LogP contribution in [0.4, 0.5) is 5.69 Å². The van der Waals surface area contributed by atoms with Crippen molar-refractivity contribution >= 4 is 33.6 Å². The molecule has 0 aliphatic carbocycles. The third kappa shape index (κ3) is 3.45. The highest BCUT2D eigenvalue weighted by Gasteiger charge is 2.21. The maximum Gasteiger partial charge on any atom is 0.345 e. The van der Waals surface area contributed by atoms with E-state index in [1.54, 1.807) is 13.0 Å². The van der Waals surface area contributed by atoms with Gasteiger partial charge in [0.25, 0.3) is 0 Å². The molecule has 17 heavy (non-hydrogen) atoms. The number of anilines is 1. The number of carboxylic acids is 1. The summed E-state index contributed by atoms with van der Waals surface area (Å²) < 4.78 is 5.50. The summed E-state index contributed by atoms with van der Waals surface area (Å²) in [5.41, 5.74) is 6.23. The van der Waals surface area contributed by atoms with Crippen molar-refractivity contribution in [3.63, 3.8) is 0 Å². The molecule has 0 heterocycles. The monoisotopic (exact) mass is 301 g/mol. The van der Waals surface area contributed by atoms with Gasteiger partial charge in [0.2, 0.25) is 0 Å². The van der Waals surface area contributed by atoms with Crippen LogP contribution in [-0.2, 0) is 9.53 Å². The van der Waals surface area contributed by atoms with Crippen LogP contribution in [-0.4, -0.2) is 23.1 Å². The maximum absolute atomic E-state index is 11.6. The SMILES string of the molecule is CCC(OC(=O)c1ccc(Br)c(N)c1)C(=O)O. The molecule has 0 aliphatic heterocycles. The Morgan fingerprint density at radius 1 is 1.53 bits per heavy atom. The molecule has 92 valence electrons. The van der Waals surface area contributed by atoms with Crippen molar-refractivity contribution in [1.29, 1.82) is 0 Å². The lowest BCUT2D eigenvalue weighted by molar-refractivity contribution is -0.147. The molecule has 3 N–H and O–H groups in total. The highest BCUT2D eigenvalue weighted by Crippen LogP contribution is 2.21. The van der Waals surface area contributed by atoms with Gasteiger partial charge in [0.15, 0.2) is 6.10 Å². The zero-order valence-corrected chi connectivity index (χ0v) is 10.7. The third-order valence-corrected chi connectivity index (χ3v) is 2.85. The zero-order valence-electron chi connectivity index (χ0n) is 9.14. The minimum Gasteiger partial charge on any atom is -0.479 e. The number of esters is 1. The Labute approximate surface area is 107 Å². The van der Waals surface area contributed by atoms with E-state index >= 15 is 0 Å². The van der Waals surface area contributed by atoms with E-state index in [1.165, 1.54) is 12.1 Å². The Balaban J connectivity index is 2.82. The molecule has 0 saturated heterocycles. The fourth-order valence-electron chi connectivity index (χ4n) is 1.18. The highest BCUT2D eigenvalue weighted by atomic mass is 79.9. The normalized spacial score (nSPS) is 11.9. The quantitative estimate of drug-likeness (QED) is 0.656. The molecular formula is C11H12BrNO4. The summed E-state index contributed by atoms with van der Waals surface area (Å²) in [6.45, 7) is 1.63. The van der Waals surface area contributed by atoms with Crippen molar-refractivity contribution < 1.29 is 19.4 Å². The van der Waals surface area contributed by atoms with Crippen LogP contribution >= 0.6 is 15.9 Å². The molecule has 0 aliphatic rings. The maximum atomic E-state index is 11.6. The van der Waals surface area contributed by atoms with Crippen molar-refractivity contribution in [2.45, 2.75) is 19.4 Å². The van der Waals surface area contributed by atoms with Gasteiger partial charge in [0.1, 0.15) is 0 Å². The van der Waals surface area contributed by atoms with E-state index in [-0.39, 0.29) is 12.0 Å². The fourth-order valence-corrected chi connectivity index (χ4v) is 1.42. The number of rotatable bonds is 4. The first-order chi connectivity index (χ1) is 7.95. The molecule has 6 heteroatoms. The summed E-state index contributed by atoms with van der Waals surface area (Å²) in [4.78, 5) is 22.3. The van der Waals surface area contributed by atoms with Gasteiger partial charge in [-0.1, -0.05) is 6.92 Å². The number of ether oxygens (including phenoxy) is 1. The third-order valence-electron chi connectivity index (χ3n) is 2.13. The van der Waals surface area contributed by atoms with Gasteiger partial charge in [0.05, 0.1) is 5.56 Å². The van der Waals surface area contributed by atoms with Gasteiger partial charge in [-0.2, -0.15) is 0 Å². The molecule has 1 atom stereocenters. The van der Waals surface area contributed by atoms with Gasteiger partial charge in [0, 0.05) is 10.2 Å². The molecule has 0 aromatic heterocycles. The highest BCUT2D eigenvalue weighted by molar-refractivity contribution is 9.10. The van der Waals surface area contributed by atoms with Gasteiger partial charge < -0.3 is 15.6 Å². The Morgan fingerprint density at radius 3 is 2.65 bits per heavy atom. The summed E-state index contributed by atoms with van der Waals surface area (Å²) in [5.74, 6) is -1.86. The lowest BCUT2D eigenvalue weighted by Gasteiger charge is -2.11. The summed E-state index contributed by atoms with van der Waals surface area (Å²) in [5, 5.41) is 8.76. The van der Waals surface area contributed by atoms with Crippen molar-refractivity contribution in [1.82, 2.24) is 0 Å². The lowest BCUT2D eigenvalue weighted by Crippen LogP contribution is -2.26. The van der Waals surface area contributed by atoms with Gasteiger partial charge >= 0.3 is 11.9 Å². The summed E-state index contributed by atoms with van der Waals surface area (Å²) in [6, 6.07) is 4.55. The zero-order chi connectivity index (χ0) is 13.0. The second-order valence-corrected chi connectivity index (χ2v) is 4.23. The number of aliphatic carboxylic acids is 1. The van der Waals surface area contributed by atoms with E-state index in [1.807, 2.05) is 0 Å². The average molecular weight is 302 g/mol. The number of halogens is 1. The largest absolute Gasteiger partial charge is 0.479 e. The topological polar surface area (TPSA) is 89.6 Å². The van der Waals surface area contributed by atoms with Gasteiger partial charge in [-0.05, 0) is 40.5 Å². The molecule has 1 unspecified atom stereocenters.